The fraction of sp³-hybridized carbons (Fsp3) is 0.333. The van der Waals surface area contributed by atoms with E-state index in [0.29, 0.717) is 0 Å². The minimum Gasteiger partial charge on any atom is -0.359 e. The highest BCUT2D eigenvalue weighted by Gasteiger charge is 2.00. The molecule has 2 aromatic rings. The third-order valence-electron chi connectivity index (χ3n) is 2.55. The number of hydrogen-bond acceptors (Lipinski definition) is 2. The number of imidazole rings is 1. The van der Waals surface area contributed by atoms with Crippen LogP contribution in [0.5, 0.6) is 0 Å². The van der Waals surface area contributed by atoms with Gasteiger partial charge in [0.25, 0.3) is 0 Å². The summed E-state index contributed by atoms with van der Waals surface area (Å²) in [6, 6.07) is 6.00. The molecule has 2 rings (SSSR count). The maximum Gasteiger partial charge on any atom is 0.190 e. The number of nitrogens with one attached hydrogen (secondary N) is 2. The van der Waals surface area contributed by atoms with E-state index in [1.54, 1.807) is 7.05 Å². The van der Waals surface area contributed by atoms with Crippen molar-refractivity contribution in [2.24, 2.45) is 4.99 Å². The van der Waals surface area contributed by atoms with Crippen LogP contribution >= 0.6 is 0 Å². The molecule has 0 aliphatic rings. The smallest absolute Gasteiger partial charge is 0.190 e. The fourth-order valence-corrected chi connectivity index (χ4v) is 1.70. The van der Waals surface area contributed by atoms with Gasteiger partial charge >= 0.3 is 0 Å². The van der Waals surface area contributed by atoms with Crippen molar-refractivity contribution < 1.29 is 0 Å². The van der Waals surface area contributed by atoms with Gasteiger partial charge in [0.1, 0.15) is 5.65 Å². The molecule has 0 spiro atoms. The molecule has 90 valence electrons. The van der Waals surface area contributed by atoms with Gasteiger partial charge in [-0.15, -0.1) is 0 Å². The second-order valence-electron chi connectivity index (χ2n) is 3.70. The van der Waals surface area contributed by atoms with E-state index in [2.05, 4.69) is 26.8 Å². The van der Waals surface area contributed by atoms with Gasteiger partial charge in [-0.05, 0) is 12.1 Å². The summed E-state index contributed by atoms with van der Waals surface area (Å²) in [7, 11) is 3.60. The molecule has 5 nitrogen and oxygen atoms in total. The Labute approximate surface area is 101 Å². The first kappa shape index (κ1) is 11.4. The highest BCUT2D eigenvalue weighted by molar-refractivity contribution is 5.79. The van der Waals surface area contributed by atoms with Gasteiger partial charge < -0.3 is 15.0 Å². The maximum absolute atomic E-state index is 4.52. The SMILES string of the molecule is CN=C(NC)NCCc1cn2ccccc2n1. The Morgan fingerprint density at radius 3 is 3.06 bits per heavy atom. The Balaban J connectivity index is 1.95. The van der Waals surface area contributed by atoms with Crippen LogP contribution in [0.1, 0.15) is 5.69 Å². The van der Waals surface area contributed by atoms with Crippen molar-refractivity contribution in [1.82, 2.24) is 20.0 Å². The third-order valence-corrected chi connectivity index (χ3v) is 2.55. The summed E-state index contributed by atoms with van der Waals surface area (Å²) >= 11 is 0. The van der Waals surface area contributed by atoms with Crippen LogP contribution in [0.15, 0.2) is 35.6 Å². The molecule has 0 bridgehead atoms. The largest absolute Gasteiger partial charge is 0.359 e. The van der Waals surface area contributed by atoms with Crippen molar-refractivity contribution in [2.75, 3.05) is 20.6 Å². The molecule has 2 N–H and O–H groups in total. The number of rotatable bonds is 3. The van der Waals surface area contributed by atoms with Crippen molar-refractivity contribution >= 4 is 11.6 Å². The molecule has 0 fully saturated rings. The van der Waals surface area contributed by atoms with Gasteiger partial charge in [-0.2, -0.15) is 0 Å². The monoisotopic (exact) mass is 231 g/mol. The highest BCUT2D eigenvalue weighted by Crippen LogP contribution is 2.04. The average molecular weight is 231 g/mol. The number of fused-ring (bicyclic) bond motifs is 1. The topological polar surface area (TPSA) is 53.7 Å². The van der Waals surface area contributed by atoms with Crippen molar-refractivity contribution in [3.8, 4) is 0 Å². The summed E-state index contributed by atoms with van der Waals surface area (Å²) in [4.78, 5) is 8.57. The molecule has 0 saturated heterocycles. The molecular weight excluding hydrogens is 214 g/mol. The molecule has 17 heavy (non-hydrogen) atoms. The predicted octanol–water partition coefficient (Wildman–Crippen LogP) is 0.672. The minimum absolute atomic E-state index is 0.800. The minimum atomic E-state index is 0.800. The van der Waals surface area contributed by atoms with Crippen LogP contribution in [-0.2, 0) is 6.42 Å². The van der Waals surface area contributed by atoms with Crippen LogP contribution in [0.25, 0.3) is 5.65 Å². The number of nitrogens with zero attached hydrogens (tertiary/aromatic N) is 3. The van der Waals surface area contributed by atoms with Crippen molar-refractivity contribution in [3.05, 3.63) is 36.3 Å². The number of pyridine rings is 1. The van der Waals surface area contributed by atoms with Crippen LogP contribution in [0, 0.1) is 0 Å². The highest BCUT2D eigenvalue weighted by atomic mass is 15.1. The Bertz CT molecular complexity index is 481. The molecule has 2 aromatic heterocycles. The lowest BCUT2D eigenvalue weighted by atomic mass is 10.3. The number of aromatic nitrogens is 2. The zero-order valence-electron chi connectivity index (χ0n) is 10.1. The molecule has 2 heterocycles. The number of guanidine groups is 1. The summed E-state index contributed by atoms with van der Waals surface area (Å²) in [6.07, 6.45) is 4.94. The van der Waals surface area contributed by atoms with Crippen LogP contribution in [0.2, 0.25) is 0 Å². The van der Waals surface area contributed by atoms with Crippen LogP contribution in [0.4, 0.5) is 0 Å². The van der Waals surface area contributed by atoms with Crippen molar-refractivity contribution in [1.29, 1.82) is 0 Å². The molecule has 0 aromatic carbocycles. The first-order valence-electron chi connectivity index (χ1n) is 5.64. The maximum atomic E-state index is 4.52. The van der Waals surface area contributed by atoms with Gasteiger partial charge in [-0.3, -0.25) is 4.99 Å². The van der Waals surface area contributed by atoms with Crippen LogP contribution in [0.3, 0.4) is 0 Å². The van der Waals surface area contributed by atoms with E-state index in [9.17, 15) is 0 Å². The predicted molar refractivity (Wildman–Crippen MR) is 69.3 cm³/mol. The van der Waals surface area contributed by atoms with Gasteiger partial charge in [0, 0.05) is 39.5 Å². The molecule has 0 aliphatic carbocycles. The third kappa shape index (κ3) is 2.75. The summed E-state index contributed by atoms with van der Waals surface area (Å²) in [5.41, 5.74) is 2.07. The van der Waals surface area contributed by atoms with Gasteiger partial charge in [0.05, 0.1) is 5.69 Å². The Morgan fingerprint density at radius 1 is 1.47 bits per heavy atom. The van der Waals surface area contributed by atoms with E-state index in [1.807, 2.05) is 35.8 Å². The Morgan fingerprint density at radius 2 is 2.35 bits per heavy atom. The molecule has 0 radical (unpaired) electrons. The Kier molecular flexibility index (Phi) is 3.59. The molecule has 5 heteroatoms. The number of aliphatic imine (C=N–C) groups is 1. The van der Waals surface area contributed by atoms with Crippen molar-refractivity contribution in [2.45, 2.75) is 6.42 Å². The fourth-order valence-electron chi connectivity index (χ4n) is 1.70. The summed E-state index contributed by atoms with van der Waals surface area (Å²) in [5, 5.41) is 6.18. The Hall–Kier alpha value is -2.04. The van der Waals surface area contributed by atoms with Gasteiger partial charge in [0.2, 0.25) is 0 Å². The normalized spacial score (nSPS) is 11.8. The summed E-state index contributed by atoms with van der Waals surface area (Å²) in [6.45, 7) is 0.817. The standard InChI is InChI=1S/C12H17N5/c1-13-12(14-2)15-7-6-10-9-17-8-4-3-5-11(17)16-10/h3-5,8-9H,6-7H2,1-2H3,(H2,13,14,15). The van der Waals surface area contributed by atoms with E-state index in [-0.39, 0.29) is 0 Å². The first-order chi connectivity index (χ1) is 8.33. The van der Waals surface area contributed by atoms with Gasteiger partial charge in [0.15, 0.2) is 5.96 Å². The first-order valence-corrected chi connectivity index (χ1v) is 5.64. The molecule has 0 amide bonds. The average Bonchev–Trinajstić information content (AvgIpc) is 2.77. The lowest BCUT2D eigenvalue weighted by Gasteiger charge is -2.06. The van der Waals surface area contributed by atoms with Crippen molar-refractivity contribution in [3.63, 3.8) is 0 Å². The van der Waals surface area contributed by atoms with E-state index in [1.165, 1.54) is 0 Å². The molecule has 0 saturated carbocycles. The number of hydrogen-bond donors (Lipinski definition) is 2. The molecule has 0 atom stereocenters. The van der Waals surface area contributed by atoms with Gasteiger partial charge in [-0.25, -0.2) is 4.98 Å². The zero-order chi connectivity index (χ0) is 12.1. The summed E-state index contributed by atoms with van der Waals surface area (Å²) in [5.74, 6) is 0.800. The second-order valence-corrected chi connectivity index (χ2v) is 3.70. The summed E-state index contributed by atoms with van der Waals surface area (Å²) < 4.78 is 2.03. The van der Waals surface area contributed by atoms with E-state index < -0.39 is 0 Å². The van der Waals surface area contributed by atoms with E-state index in [4.69, 9.17) is 0 Å². The second kappa shape index (κ2) is 5.34. The van der Waals surface area contributed by atoms with Crippen LogP contribution < -0.4 is 10.6 Å². The van der Waals surface area contributed by atoms with Crippen LogP contribution in [-0.4, -0.2) is 36.0 Å². The lowest BCUT2D eigenvalue weighted by molar-refractivity contribution is 0.821. The molecule has 0 unspecified atom stereocenters. The lowest BCUT2D eigenvalue weighted by Crippen LogP contribution is -2.35. The van der Waals surface area contributed by atoms with E-state index >= 15 is 0 Å². The zero-order valence-corrected chi connectivity index (χ0v) is 10.1. The van der Waals surface area contributed by atoms with Gasteiger partial charge in [-0.1, -0.05) is 6.07 Å². The molecule has 0 aliphatic heterocycles. The molecular formula is C12H17N5. The quantitative estimate of drug-likeness (QED) is 0.603. The van der Waals surface area contributed by atoms with E-state index in [0.717, 1.165) is 30.3 Å².